The van der Waals surface area contributed by atoms with Crippen LogP contribution in [0.5, 0.6) is 5.75 Å². The Morgan fingerprint density at radius 2 is 1.89 bits per heavy atom. The Morgan fingerprint density at radius 1 is 1.15 bits per heavy atom. The van der Waals surface area contributed by atoms with Crippen molar-refractivity contribution in [3.05, 3.63) is 41.4 Å². The molecule has 1 heterocycles. The molecule has 144 valence electrons. The van der Waals surface area contributed by atoms with Gasteiger partial charge in [0.1, 0.15) is 17.1 Å². The molecule has 5 nitrogen and oxygen atoms in total. The number of hydrogen-bond acceptors (Lipinski definition) is 5. The van der Waals surface area contributed by atoms with E-state index in [-0.39, 0.29) is 0 Å². The zero-order valence-corrected chi connectivity index (χ0v) is 16.2. The van der Waals surface area contributed by atoms with Gasteiger partial charge in [0.05, 0.1) is 12.7 Å². The summed E-state index contributed by atoms with van der Waals surface area (Å²) in [5.41, 5.74) is 4.00. The van der Waals surface area contributed by atoms with Crippen molar-refractivity contribution in [3.8, 4) is 17.1 Å². The molecule has 1 N–H and O–H groups in total. The van der Waals surface area contributed by atoms with E-state index in [1.165, 1.54) is 24.8 Å². The van der Waals surface area contributed by atoms with Crippen molar-refractivity contribution in [3.63, 3.8) is 0 Å². The maximum absolute atomic E-state index is 6.13. The molecule has 2 aliphatic rings. The Kier molecular flexibility index (Phi) is 5.37. The number of aryl methyl sites for hydroxylation is 1. The van der Waals surface area contributed by atoms with Crippen molar-refractivity contribution in [1.29, 1.82) is 0 Å². The first-order chi connectivity index (χ1) is 13.2. The molecule has 5 heteroatoms. The number of nitrogens with zero attached hydrogens (tertiary/aromatic N) is 1. The zero-order chi connectivity index (χ0) is 18.6. The predicted octanol–water partition coefficient (Wildman–Crippen LogP) is 5.82. The van der Waals surface area contributed by atoms with Crippen LogP contribution in [0, 0.1) is 6.92 Å². The number of nitrogens with one attached hydrogen (secondary N) is 1. The van der Waals surface area contributed by atoms with E-state index in [0.29, 0.717) is 12.7 Å². The van der Waals surface area contributed by atoms with Gasteiger partial charge < -0.3 is 19.3 Å². The van der Waals surface area contributed by atoms with E-state index >= 15 is 0 Å². The fourth-order valence-electron chi connectivity index (χ4n) is 3.55. The molecule has 0 saturated heterocycles. The van der Waals surface area contributed by atoms with Gasteiger partial charge in [0.15, 0.2) is 11.6 Å². The summed E-state index contributed by atoms with van der Waals surface area (Å²) in [6, 6.07) is 8.12. The lowest BCUT2D eigenvalue weighted by atomic mass is 9.98. The molecular formula is C22H28N2O3. The number of allylic oxidation sites excluding steroid dienone is 1. The topological polar surface area (TPSA) is 56.5 Å². The number of benzene rings is 1. The van der Waals surface area contributed by atoms with Crippen LogP contribution in [0.3, 0.4) is 0 Å². The molecule has 2 aromatic rings. The molecule has 0 radical (unpaired) electrons. The first-order valence-corrected chi connectivity index (χ1v) is 10.1. The molecule has 2 saturated carbocycles. The second kappa shape index (κ2) is 8.07. The predicted molar refractivity (Wildman–Crippen MR) is 106 cm³/mol. The van der Waals surface area contributed by atoms with E-state index < -0.39 is 0 Å². The third kappa shape index (κ3) is 4.29. The summed E-state index contributed by atoms with van der Waals surface area (Å²) in [6.45, 7) is 4.58. The Balaban J connectivity index is 1.51. The van der Waals surface area contributed by atoms with E-state index in [9.17, 15) is 0 Å². The molecule has 0 amide bonds. The minimum absolute atomic E-state index is 0.355. The summed E-state index contributed by atoms with van der Waals surface area (Å²) in [7, 11) is 0. The Labute approximate surface area is 160 Å². The Bertz CT molecular complexity index is 795. The Morgan fingerprint density at radius 3 is 2.56 bits per heavy atom. The molecule has 0 aliphatic heterocycles. The van der Waals surface area contributed by atoms with Gasteiger partial charge in [-0.1, -0.05) is 11.6 Å². The molecule has 1 aromatic heterocycles. The molecule has 0 unspecified atom stereocenters. The second-order valence-corrected chi connectivity index (χ2v) is 7.37. The monoisotopic (exact) mass is 368 g/mol. The standard InChI is InChI=1S/C22H28N2O3/c1-3-25-22(17-9-10-17)23-20-15(2)24-27-21(20)16-11-13-19(14-12-16)26-18-7-5-4-6-8-18/h11-14,18,23H,3-10H2,1-2H3. The smallest absolute Gasteiger partial charge is 0.190 e. The van der Waals surface area contributed by atoms with Crippen LogP contribution < -0.4 is 10.1 Å². The van der Waals surface area contributed by atoms with Gasteiger partial charge in [0.25, 0.3) is 0 Å². The summed E-state index contributed by atoms with van der Waals surface area (Å²) in [5.74, 6) is 2.50. The van der Waals surface area contributed by atoms with Crippen molar-refractivity contribution < 1.29 is 14.0 Å². The quantitative estimate of drug-likeness (QED) is 0.625. The third-order valence-electron chi connectivity index (χ3n) is 5.18. The summed E-state index contributed by atoms with van der Waals surface area (Å²) >= 11 is 0. The van der Waals surface area contributed by atoms with Crippen LogP contribution >= 0.6 is 0 Å². The molecule has 0 spiro atoms. The SMILES string of the molecule is CCOC(Nc1c(C)noc1-c1ccc(OC2CCCCC2)cc1)=C1CC1. The molecule has 2 fully saturated rings. The van der Waals surface area contributed by atoms with Crippen LogP contribution in [0.4, 0.5) is 5.69 Å². The van der Waals surface area contributed by atoms with Gasteiger partial charge in [-0.3, -0.25) is 0 Å². The van der Waals surface area contributed by atoms with Gasteiger partial charge in [-0.2, -0.15) is 0 Å². The van der Waals surface area contributed by atoms with E-state index in [1.807, 2.05) is 38.1 Å². The first-order valence-electron chi connectivity index (χ1n) is 10.1. The molecule has 0 bridgehead atoms. The van der Waals surface area contributed by atoms with Gasteiger partial charge in [0, 0.05) is 5.56 Å². The number of hydrogen-bond donors (Lipinski definition) is 1. The highest BCUT2D eigenvalue weighted by Gasteiger charge is 2.23. The van der Waals surface area contributed by atoms with Crippen LogP contribution in [0.25, 0.3) is 11.3 Å². The highest BCUT2D eigenvalue weighted by atomic mass is 16.5. The average Bonchev–Trinajstić information content (AvgIpc) is 3.48. The van der Waals surface area contributed by atoms with Crippen molar-refractivity contribution in [1.82, 2.24) is 5.16 Å². The summed E-state index contributed by atoms with van der Waals surface area (Å²) in [5, 5.41) is 7.56. The third-order valence-corrected chi connectivity index (χ3v) is 5.18. The lowest BCUT2D eigenvalue weighted by Crippen LogP contribution is -2.19. The van der Waals surface area contributed by atoms with Crippen molar-refractivity contribution >= 4 is 5.69 Å². The van der Waals surface area contributed by atoms with Gasteiger partial charge in [-0.25, -0.2) is 0 Å². The Hall–Kier alpha value is -2.43. The van der Waals surface area contributed by atoms with Crippen molar-refractivity contribution in [2.75, 3.05) is 11.9 Å². The summed E-state index contributed by atoms with van der Waals surface area (Å²) < 4.78 is 17.5. The number of aromatic nitrogens is 1. The zero-order valence-electron chi connectivity index (χ0n) is 16.2. The fourth-order valence-corrected chi connectivity index (χ4v) is 3.55. The van der Waals surface area contributed by atoms with E-state index in [0.717, 1.165) is 60.0 Å². The number of ether oxygens (including phenoxy) is 2. The van der Waals surface area contributed by atoms with E-state index in [2.05, 4.69) is 10.5 Å². The number of rotatable bonds is 7. The van der Waals surface area contributed by atoms with Crippen LogP contribution in [-0.4, -0.2) is 17.9 Å². The highest BCUT2D eigenvalue weighted by molar-refractivity contribution is 5.75. The first kappa shape index (κ1) is 18.0. The maximum atomic E-state index is 6.13. The molecule has 1 aromatic carbocycles. The average molecular weight is 368 g/mol. The molecule has 0 atom stereocenters. The molecule has 4 rings (SSSR count). The molecule has 27 heavy (non-hydrogen) atoms. The number of anilines is 1. The minimum atomic E-state index is 0.355. The van der Waals surface area contributed by atoms with Crippen LogP contribution in [0.2, 0.25) is 0 Å². The van der Waals surface area contributed by atoms with E-state index in [1.54, 1.807) is 0 Å². The fraction of sp³-hybridized carbons (Fsp3) is 0.500. The highest BCUT2D eigenvalue weighted by Crippen LogP contribution is 2.37. The summed E-state index contributed by atoms with van der Waals surface area (Å²) in [4.78, 5) is 0. The van der Waals surface area contributed by atoms with E-state index in [4.69, 9.17) is 14.0 Å². The summed E-state index contributed by atoms with van der Waals surface area (Å²) in [6.07, 6.45) is 8.73. The molecule has 2 aliphatic carbocycles. The second-order valence-electron chi connectivity index (χ2n) is 7.37. The van der Waals surface area contributed by atoms with Gasteiger partial charge >= 0.3 is 0 Å². The normalized spacial score (nSPS) is 16.9. The van der Waals surface area contributed by atoms with Crippen molar-refractivity contribution in [2.24, 2.45) is 0 Å². The van der Waals surface area contributed by atoms with Crippen LogP contribution in [0.1, 0.15) is 57.6 Å². The molecular weight excluding hydrogens is 340 g/mol. The maximum Gasteiger partial charge on any atom is 0.190 e. The van der Waals surface area contributed by atoms with Crippen molar-refractivity contribution in [2.45, 2.75) is 64.9 Å². The largest absolute Gasteiger partial charge is 0.490 e. The van der Waals surface area contributed by atoms with Gasteiger partial charge in [0.2, 0.25) is 0 Å². The minimum Gasteiger partial charge on any atom is -0.490 e. The lowest BCUT2D eigenvalue weighted by Gasteiger charge is -2.23. The van der Waals surface area contributed by atoms with Gasteiger partial charge in [-0.15, -0.1) is 0 Å². The van der Waals surface area contributed by atoms with Gasteiger partial charge in [-0.05, 0) is 82.2 Å². The van der Waals surface area contributed by atoms with Crippen LogP contribution in [0.15, 0.2) is 40.2 Å². The lowest BCUT2D eigenvalue weighted by molar-refractivity contribution is 0.155. The van der Waals surface area contributed by atoms with Crippen LogP contribution in [-0.2, 0) is 4.74 Å².